The standard InChI is InChI=1S/C20H20/c1-3-5-6-7-8-9-10-12-16-19(15-4-2)20-17-13-11-14-18-20/h3-4,6-14,16-18H,1-2H3/b8-7-,10-9-,16-12-. The summed E-state index contributed by atoms with van der Waals surface area (Å²) >= 11 is 0. The maximum atomic E-state index is 3.25. The van der Waals surface area contributed by atoms with Gasteiger partial charge >= 0.3 is 0 Å². The summed E-state index contributed by atoms with van der Waals surface area (Å²) in [7, 11) is 0. The van der Waals surface area contributed by atoms with Crippen LogP contribution in [0.1, 0.15) is 19.4 Å². The summed E-state index contributed by atoms with van der Waals surface area (Å²) < 4.78 is 0. The predicted octanol–water partition coefficient (Wildman–Crippen LogP) is 5.64. The number of rotatable bonds is 5. The topological polar surface area (TPSA) is 0 Å². The first-order valence-corrected chi connectivity index (χ1v) is 6.72. The molecule has 0 amide bonds. The highest BCUT2D eigenvalue weighted by atomic mass is 14.0. The van der Waals surface area contributed by atoms with E-state index in [0.29, 0.717) is 0 Å². The van der Waals surface area contributed by atoms with Crippen LogP contribution in [-0.4, -0.2) is 0 Å². The third-order valence-electron chi connectivity index (χ3n) is 2.45. The summed E-state index contributed by atoms with van der Waals surface area (Å²) in [6.07, 6.45) is 17.7. The minimum Gasteiger partial charge on any atom is -0.125 e. The Morgan fingerprint density at radius 1 is 0.850 bits per heavy atom. The van der Waals surface area contributed by atoms with Crippen molar-refractivity contribution >= 4 is 5.57 Å². The molecule has 0 aromatic heterocycles. The zero-order valence-corrected chi connectivity index (χ0v) is 12.1. The van der Waals surface area contributed by atoms with Crippen molar-refractivity contribution in [3.63, 3.8) is 0 Å². The van der Waals surface area contributed by atoms with Gasteiger partial charge in [0, 0.05) is 5.57 Å². The number of hydrogen-bond donors (Lipinski definition) is 0. The van der Waals surface area contributed by atoms with E-state index in [4.69, 9.17) is 0 Å². The largest absolute Gasteiger partial charge is 0.125 e. The summed E-state index contributed by atoms with van der Waals surface area (Å²) in [6.45, 7) is 3.92. The van der Waals surface area contributed by atoms with Crippen LogP contribution in [0.3, 0.4) is 0 Å². The molecule has 1 rings (SSSR count). The molecule has 0 spiro atoms. The molecule has 0 bridgehead atoms. The van der Waals surface area contributed by atoms with Gasteiger partial charge in [-0.15, -0.1) is 11.5 Å². The molecular weight excluding hydrogens is 240 g/mol. The lowest BCUT2D eigenvalue weighted by molar-refractivity contribution is 1.62. The Balaban J connectivity index is 2.72. The maximum Gasteiger partial charge on any atom is 0.0233 e. The van der Waals surface area contributed by atoms with Crippen molar-refractivity contribution in [3.05, 3.63) is 102 Å². The molecule has 1 aromatic carbocycles. The van der Waals surface area contributed by atoms with E-state index in [0.717, 1.165) is 5.57 Å². The van der Waals surface area contributed by atoms with Crippen LogP contribution in [0, 0.1) is 0 Å². The Labute approximate surface area is 122 Å². The van der Waals surface area contributed by atoms with Gasteiger partial charge in [-0.25, -0.2) is 0 Å². The zero-order valence-electron chi connectivity index (χ0n) is 12.1. The van der Waals surface area contributed by atoms with E-state index in [9.17, 15) is 0 Å². The second kappa shape index (κ2) is 10.4. The van der Waals surface area contributed by atoms with Gasteiger partial charge in [-0.1, -0.05) is 60.7 Å². The van der Waals surface area contributed by atoms with Gasteiger partial charge in [0.25, 0.3) is 0 Å². The number of hydrogen-bond acceptors (Lipinski definition) is 0. The van der Waals surface area contributed by atoms with Gasteiger partial charge in [-0.2, -0.15) is 0 Å². The highest BCUT2D eigenvalue weighted by molar-refractivity contribution is 5.73. The fourth-order valence-corrected chi connectivity index (χ4v) is 1.55. The van der Waals surface area contributed by atoms with Crippen molar-refractivity contribution < 1.29 is 0 Å². The molecule has 20 heavy (non-hydrogen) atoms. The zero-order chi connectivity index (χ0) is 14.5. The molecule has 0 aliphatic heterocycles. The van der Waals surface area contributed by atoms with Crippen LogP contribution in [-0.2, 0) is 0 Å². The molecule has 1 aromatic rings. The number of benzene rings is 1. The molecule has 0 saturated carbocycles. The molecule has 0 fully saturated rings. The van der Waals surface area contributed by atoms with Gasteiger partial charge in [0.2, 0.25) is 0 Å². The van der Waals surface area contributed by atoms with Crippen LogP contribution in [0.4, 0.5) is 0 Å². The Kier molecular flexibility index (Phi) is 8.08. The lowest BCUT2D eigenvalue weighted by atomic mass is 10.1. The van der Waals surface area contributed by atoms with Gasteiger partial charge in [-0.3, -0.25) is 0 Å². The molecule has 0 heterocycles. The van der Waals surface area contributed by atoms with E-state index in [1.165, 1.54) is 5.56 Å². The summed E-state index contributed by atoms with van der Waals surface area (Å²) in [6, 6.07) is 10.3. The van der Waals surface area contributed by atoms with Gasteiger partial charge < -0.3 is 0 Å². The van der Waals surface area contributed by atoms with Crippen LogP contribution in [0.25, 0.3) is 5.57 Å². The van der Waals surface area contributed by atoms with Crippen molar-refractivity contribution in [1.82, 2.24) is 0 Å². The van der Waals surface area contributed by atoms with Crippen molar-refractivity contribution in [1.29, 1.82) is 0 Å². The molecule has 0 radical (unpaired) electrons. The smallest absolute Gasteiger partial charge is 0.0233 e. The van der Waals surface area contributed by atoms with E-state index in [2.05, 4.69) is 29.7 Å². The highest BCUT2D eigenvalue weighted by Crippen LogP contribution is 2.13. The summed E-state index contributed by atoms with van der Waals surface area (Å²) in [4.78, 5) is 0. The van der Waals surface area contributed by atoms with E-state index >= 15 is 0 Å². The minimum atomic E-state index is 1.08. The maximum absolute atomic E-state index is 3.25. The lowest BCUT2D eigenvalue weighted by Crippen LogP contribution is -1.77. The average Bonchev–Trinajstić information content (AvgIpc) is 2.50. The highest BCUT2D eigenvalue weighted by Gasteiger charge is 1.93. The summed E-state index contributed by atoms with van der Waals surface area (Å²) in [5, 5.41) is 0. The molecule has 0 saturated heterocycles. The average molecular weight is 260 g/mol. The Morgan fingerprint density at radius 2 is 1.55 bits per heavy atom. The molecule has 0 unspecified atom stereocenters. The molecule has 0 aliphatic rings. The van der Waals surface area contributed by atoms with Crippen LogP contribution in [0.15, 0.2) is 96.5 Å². The van der Waals surface area contributed by atoms with Crippen molar-refractivity contribution in [2.45, 2.75) is 13.8 Å². The van der Waals surface area contributed by atoms with Gasteiger partial charge in [0.05, 0.1) is 0 Å². The third kappa shape index (κ3) is 6.42. The fraction of sp³-hybridized carbons (Fsp3) is 0.100. The molecule has 0 heteroatoms. The second-order valence-corrected chi connectivity index (χ2v) is 3.96. The Bertz CT molecular complexity index is 595. The van der Waals surface area contributed by atoms with Crippen LogP contribution in [0.2, 0.25) is 0 Å². The lowest BCUT2D eigenvalue weighted by Gasteiger charge is -1.97. The third-order valence-corrected chi connectivity index (χ3v) is 2.45. The van der Waals surface area contributed by atoms with Crippen LogP contribution in [0.5, 0.6) is 0 Å². The Hall–Kier alpha value is -2.52. The van der Waals surface area contributed by atoms with E-state index in [1.54, 1.807) is 0 Å². The van der Waals surface area contributed by atoms with Crippen molar-refractivity contribution in [2.75, 3.05) is 0 Å². The number of allylic oxidation sites excluding steroid dienone is 8. The molecule has 0 nitrogen and oxygen atoms in total. The van der Waals surface area contributed by atoms with Crippen LogP contribution >= 0.6 is 0 Å². The van der Waals surface area contributed by atoms with Gasteiger partial charge in [-0.05, 0) is 43.7 Å². The van der Waals surface area contributed by atoms with Crippen molar-refractivity contribution in [2.24, 2.45) is 0 Å². The summed E-state index contributed by atoms with van der Waals surface area (Å²) in [5.41, 5.74) is 8.49. The molecule has 100 valence electrons. The van der Waals surface area contributed by atoms with Crippen molar-refractivity contribution in [3.8, 4) is 0 Å². The first-order valence-electron chi connectivity index (χ1n) is 6.72. The van der Waals surface area contributed by atoms with Gasteiger partial charge in [0.15, 0.2) is 0 Å². The Morgan fingerprint density at radius 3 is 2.25 bits per heavy atom. The molecule has 0 aliphatic carbocycles. The first-order chi connectivity index (χ1) is 9.88. The molecule has 0 N–H and O–H groups in total. The van der Waals surface area contributed by atoms with Crippen LogP contribution < -0.4 is 0 Å². The monoisotopic (exact) mass is 260 g/mol. The quantitative estimate of drug-likeness (QED) is 0.474. The van der Waals surface area contributed by atoms with Gasteiger partial charge in [0.1, 0.15) is 0 Å². The first kappa shape index (κ1) is 15.5. The molecule has 0 atom stereocenters. The second-order valence-electron chi connectivity index (χ2n) is 3.96. The fourth-order valence-electron chi connectivity index (χ4n) is 1.55. The van der Waals surface area contributed by atoms with E-state index in [1.807, 2.05) is 80.7 Å². The SMILES string of the molecule is CC=C=C\C=C/C=C\C=C/C(=C=CC)c1ccccc1. The normalized spacial score (nSPS) is 10.5. The summed E-state index contributed by atoms with van der Waals surface area (Å²) in [5.74, 6) is 0. The molecular formula is C20H20. The van der Waals surface area contributed by atoms with E-state index < -0.39 is 0 Å². The predicted molar refractivity (Wildman–Crippen MR) is 89.4 cm³/mol. The van der Waals surface area contributed by atoms with E-state index in [-0.39, 0.29) is 0 Å². The minimum absolute atomic E-state index is 1.08.